The van der Waals surface area contributed by atoms with Gasteiger partial charge in [-0.15, -0.1) is 0 Å². The maximum atomic E-state index is 13.3. The molecule has 1 aliphatic carbocycles. The monoisotopic (exact) mass is 375 g/mol. The molecule has 0 N–H and O–H groups in total. The molecule has 4 heteroatoms. The van der Waals surface area contributed by atoms with Gasteiger partial charge in [-0.05, 0) is 41.5 Å². The number of fused-ring (bicyclic) bond motifs is 2. The van der Waals surface area contributed by atoms with Gasteiger partial charge in [0.1, 0.15) is 0 Å². The largest absolute Gasteiger partial charge is 0.289 e. The van der Waals surface area contributed by atoms with E-state index >= 15 is 0 Å². The first kappa shape index (κ1) is 16.0. The van der Waals surface area contributed by atoms with Crippen LogP contribution in [-0.2, 0) is 0 Å². The minimum atomic E-state index is -0.372. The molecule has 2 amide bonds. The van der Waals surface area contributed by atoms with Crippen LogP contribution in [0.25, 0.3) is 21.9 Å². The van der Waals surface area contributed by atoms with Crippen LogP contribution in [0.2, 0.25) is 0 Å². The molecule has 0 fully saturated rings. The molecule has 29 heavy (non-hydrogen) atoms. The van der Waals surface area contributed by atoms with Gasteiger partial charge in [0.25, 0.3) is 11.8 Å². The smallest absolute Gasteiger partial charge is 0.265 e. The number of amides is 2. The van der Waals surface area contributed by atoms with E-state index in [0.717, 1.165) is 11.1 Å². The second-order valence-corrected chi connectivity index (χ2v) is 7.23. The first-order valence-electron chi connectivity index (χ1n) is 9.34. The summed E-state index contributed by atoms with van der Waals surface area (Å²) in [6.07, 6.45) is 0. The number of benzene rings is 4. The number of anilines is 1. The Balaban J connectivity index is 1.70. The lowest BCUT2D eigenvalue weighted by Crippen LogP contribution is -2.40. The van der Waals surface area contributed by atoms with Crippen LogP contribution < -0.4 is 4.90 Å². The lowest BCUT2D eigenvalue weighted by molar-refractivity contribution is 0.0892. The van der Waals surface area contributed by atoms with Crippen molar-refractivity contribution in [2.24, 2.45) is 0 Å². The molecule has 0 saturated heterocycles. The molecule has 2 aliphatic rings. The second-order valence-electron chi connectivity index (χ2n) is 7.23. The summed E-state index contributed by atoms with van der Waals surface area (Å²) in [6, 6.07) is 23.4. The van der Waals surface area contributed by atoms with E-state index < -0.39 is 0 Å². The van der Waals surface area contributed by atoms with E-state index in [1.165, 1.54) is 4.90 Å². The Morgan fingerprint density at radius 2 is 0.966 bits per heavy atom. The van der Waals surface area contributed by atoms with Gasteiger partial charge in [-0.25, -0.2) is 4.90 Å². The first-order valence-corrected chi connectivity index (χ1v) is 9.34. The Bertz CT molecular complexity index is 1380. The van der Waals surface area contributed by atoms with E-state index in [-0.39, 0.29) is 17.6 Å². The number of ketones is 1. The highest BCUT2D eigenvalue weighted by molar-refractivity contribution is 6.39. The van der Waals surface area contributed by atoms with Crippen LogP contribution in [0.5, 0.6) is 0 Å². The number of rotatable bonds is 1. The predicted molar refractivity (Wildman–Crippen MR) is 110 cm³/mol. The molecule has 4 aromatic rings. The van der Waals surface area contributed by atoms with Crippen molar-refractivity contribution in [2.75, 3.05) is 4.90 Å². The summed E-state index contributed by atoms with van der Waals surface area (Å²) in [5.74, 6) is -0.824. The summed E-state index contributed by atoms with van der Waals surface area (Å²) in [4.78, 5) is 40.9. The zero-order chi connectivity index (χ0) is 19.7. The average molecular weight is 375 g/mol. The molecule has 6 rings (SSSR count). The maximum Gasteiger partial charge on any atom is 0.265 e. The van der Waals surface area contributed by atoms with E-state index in [0.29, 0.717) is 38.7 Å². The Morgan fingerprint density at radius 1 is 0.448 bits per heavy atom. The number of hydrogen-bond donors (Lipinski definition) is 0. The molecule has 0 radical (unpaired) electrons. The number of nitrogens with zero attached hydrogens (tertiary/aromatic N) is 1. The molecular weight excluding hydrogens is 362 g/mol. The summed E-state index contributed by atoms with van der Waals surface area (Å²) in [7, 11) is 0. The van der Waals surface area contributed by atoms with Gasteiger partial charge in [0.2, 0.25) is 0 Å². The Labute approximate surface area is 166 Å². The number of carbonyl (C=O) groups excluding carboxylic acids is 3. The molecule has 0 spiro atoms. The molecule has 0 unspecified atom stereocenters. The fourth-order valence-corrected chi connectivity index (χ4v) is 4.47. The minimum Gasteiger partial charge on any atom is -0.289 e. The maximum absolute atomic E-state index is 13.3. The van der Waals surface area contributed by atoms with Crippen molar-refractivity contribution in [3.63, 3.8) is 0 Å². The van der Waals surface area contributed by atoms with Gasteiger partial charge in [0, 0.05) is 33.0 Å². The lowest BCUT2D eigenvalue weighted by atomic mass is 9.79. The van der Waals surface area contributed by atoms with Crippen LogP contribution in [0.1, 0.15) is 36.6 Å². The third kappa shape index (κ3) is 1.95. The van der Waals surface area contributed by atoms with Crippen LogP contribution in [-0.4, -0.2) is 17.6 Å². The summed E-state index contributed by atoms with van der Waals surface area (Å²) >= 11 is 0. The van der Waals surface area contributed by atoms with Crippen molar-refractivity contribution in [1.82, 2.24) is 0 Å². The van der Waals surface area contributed by atoms with Gasteiger partial charge in [-0.1, -0.05) is 48.5 Å². The quantitative estimate of drug-likeness (QED) is 0.394. The highest BCUT2D eigenvalue weighted by Crippen LogP contribution is 2.43. The SMILES string of the molecule is O=C1c2ccccc2-c2ccc3c4c(ccc1c24)C(=O)N(c1ccccc1)C3=O. The van der Waals surface area contributed by atoms with Crippen LogP contribution in [0.15, 0.2) is 78.9 Å². The molecule has 0 saturated carbocycles. The van der Waals surface area contributed by atoms with Gasteiger partial charge >= 0.3 is 0 Å². The molecule has 0 atom stereocenters. The second kappa shape index (κ2) is 5.49. The molecule has 4 aromatic carbocycles. The van der Waals surface area contributed by atoms with Crippen LogP contribution in [0, 0.1) is 0 Å². The van der Waals surface area contributed by atoms with E-state index in [2.05, 4.69) is 0 Å². The Hall–Kier alpha value is -4.05. The van der Waals surface area contributed by atoms with Gasteiger partial charge in [-0.2, -0.15) is 0 Å². The minimum absolute atomic E-state index is 0.0813. The van der Waals surface area contributed by atoms with Crippen molar-refractivity contribution >= 4 is 34.1 Å². The third-order valence-electron chi connectivity index (χ3n) is 5.75. The number of para-hydroxylation sites is 1. The van der Waals surface area contributed by atoms with Crippen molar-refractivity contribution in [3.05, 3.63) is 101 Å². The van der Waals surface area contributed by atoms with Gasteiger partial charge < -0.3 is 0 Å². The summed E-state index contributed by atoms with van der Waals surface area (Å²) in [6.45, 7) is 0. The molecular formula is C25H13NO3. The fourth-order valence-electron chi connectivity index (χ4n) is 4.47. The third-order valence-corrected chi connectivity index (χ3v) is 5.75. The van der Waals surface area contributed by atoms with Crippen molar-refractivity contribution in [1.29, 1.82) is 0 Å². The number of imide groups is 1. The topological polar surface area (TPSA) is 54.5 Å². The first-order chi connectivity index (χ1) is 14.2. The van der Waals surface area contributed by atoms with Crippen LogP contribution >= 0.6 is 0 Å². The Kier molecular flexibility index (Phi) is 3.02. The predicted octanol–water partition coefficient (Wildman–Crippen LogP) is 4.85. The fraction of sp³-hybridized carbons (Fsp3) is 0. The van der Waals surface area contributed by atoms with Crippen LogP contribution in [0.4, 0.5) is 5.69 Å². The lowest BCUT2D eigenvalue weighted by Gasteiger charge is -2.30. The highest BCUT2D eigenvalue weighted by atomic mass is 16.2. The van der Waals surface area contributed by atoms with Gasteiger partial charge in [0.15, 0.2) is 5.78 Å². The average Bonchev–Trinajstić information content (AvgIpc) is 2.77. The molecule has 0 bridgehead atoms. The van der Waals surface area contributed by atoms with Crippen molar-refractivity contribution in [2.45, 2.75) is 0 Å². The summed E-state index contributed by atoms with van der Waals surface area (Å²) in [5.41, 5.74) is 4.30. The number of hydrogen-bond acceptors (Lipinski definition) is 3. The zero-order valence-corrected chi connectivity index (χ0v) is 15.2. The molecule has 136 valence electrons. The van der Waals surface area contributed by atoms with Gasteiger partial charge in [-0.3, -0.25) is 14.4 Å². The summed E-state index contributed by atoms with van der Waals surface area (Å²) in [5, 5.41) is 1.27. The van der Waals surface area contributed by atoms with Gasteiger partial charge in [0.05, 0.1) is 5.69 Å². The van der Waals surface area contributed by atoms with E-state index in [1.807, 2.05) is 36.4 Å². The Morgan fingerprint density at radius 3 is 1.66 bits per heavy atom. The van der Waals surface area contributed by atoms with Crippen molar-refractivity contribution in [3.8, 4) is 11.1 Å². The standard InChI is InChI=1S/C25H13NO3/c27-23-17-9-5-4-8-15(17)16-10-12-19-22-20(13-11-18(23)21(16)22)25(29)26(24(19)28)14-6-2-1-3-7-14/h1-13H. The molecule has 1 aliphatic heterocycles. The van der Waals surface area contributed by atoms with E-state index in [4.69, 9.17) is 0 Å². The zero-order valence-electron chi connectivity index (χ0n) is 15.2. The van der Waals surface area contributed by atoms with E-state index in [1.54, 1.807) is 42.5 Å². The number of carbonyl (C=O) groups is 3. The molecule has 1 heterocycles. The normalized spacial score (nSPS) is 14.3. The van der Waals surface area contributed by atoms with Crippen LogP contribution in [0.3, 0.4) is 0 Å². The summed E-state index contributed by atoms with van der Waals surface area (Å²) < 4.78 is 0. The van der Waals surface area contributed by atoms with Crippen molar-refractivity contribution < 1.29 is 14.4 Å². The molecule has 0 aromatic heterocycles. The highest BCUT2D eigenvalue weighted by Gasteiger charge is 2.37. The van der Waals surface area contributed by atoms with E-state index in [9.17, 15) is 14.4 Å². The molecule has 4 nitrogen and oxygen atoms in total.